The van der Waals surface area contributed by atoms with Gasteiger partial charge >= 0.3 is 0 Å². The van der Waals surface area contributed by atoms with Gasteiger partial charge in [0.25, 0.3) is 5.69 Å². The van der Waals surface area contributed by atoms with Crippen LogP contribution in [0.15, 0.2) is 53.5 Å². The lowest BCUT2D eigenvalue weighted by Crippen LogP contribution is -2.33. The molecule has 1 N–H and O–H groups in total. The van der Waals surface area contributed by atoms with E-state index in [-0.39, 0.29) is 30.0 Å². The summed E-state index contributed by atoms with van der Waals surface area (Å²) in [6.45, 7) is 0. The number of hydrogen-bond acceptors (Lipinski definition) is 5. The third kappa shape index (κ3) is 5.60. The molecule has 148 valence electrons. The first-order valence-electron chi connectivity index (χ1n) is 8.16. The number of amidine groups is 1. The van der Waals surface area contributed by atoms with Crippen LogP contribution < -0.4 is 5.32 Å². The van der Waals surface area contributed by atoms with Gasteiger partial charge in [-0.25, -0.2) is 4.99 Å². The van der Waals surface area contributed by atoms with Crippen LogP contribution in [0.5, 0.6) is 0 Å². The van der Waals surface area contributed by atoms with Crippen molar-refractivity contribution < 1.29 is 9.72 Å². The van der Waals surface area contributed by atoms with E-state index in [0.717, 1.165) is 10.9 Å². The van der Waals surface area contributed by atoms with E-state index in [1.807, 2.05) is 11.9 Å². The van der Waals surface area contributed by atoms with E-state index in [1.165, 1.54) is 23.9 Å². The summed E-state index contributed by atoms with van der Waals surface area (Å²) in [5.74, 6) is 0.629. The summed E-state index contributed by atoms with van der Waals surface area (Å²) >= 11 is 7.37. The molecule has 0 aliphatic carbocycles. The zero-order chi connectivity index (χ0) is 19.4. The van der Waals surface area contributed by atoms with Crippen LogP contribution in [0.1, 0.15) is 6.42 Å². The molecule has 0 radical (unpaired) electrons. The number of aliphatic imine (C=N–C) groups is 1. The lowest BCUT2D eigenvalue weighted by Gasteiger charge is -2.20. The highest BCUT2D eigenvalue weighted by molar-refractivity contribution is 8.14. The first-order chi connectivity index (χ1) is 12.9. The van der Waals surface area contributed by atoms with Crippen LogP contribution in [-0.2, 0) is 4.79 Å². The van der Waals surface area contributed by atoms with Crippen molar-refractivity contribution in [2.24, 2.45) is 4.99 Å². The number of nitrogens with one attached hydrogen (secondary N) is 1. The molecular formula is C18H18Cl2N4O3S. The fourth-order valence-corrected chi connectivity index (χ4v) is 3.92. The molecule has 1 heterocycles. The number of nitro benzene ring substituents is 1. The largest absolute Gasteiger partial charge is 0.350 e. The Bertz CT molecular complexity index is 893. The predicted molar refractivity (Wildman–Crippen MR) is 116 cm³/mol. The second kappa shape index (κ2) is 9.77. The number of thioether (sulfide) groups is 1. The Labute approximate surface area is 177 Å². The number of carbonyl (C=O) groups is 1. The maximum Gasteiger partial charge on any atom is 0.271 e. The molecule has 1 aliphatic rings. The number of nitrogens with zero attached hydrogens (tertiary/aromatic N) is 3. The van der Waals surface area contributed by atoms with Crippen molar-refractivity contribution in [3.05, 3.63) is 63.7 Å². The first-order valence-corrected chi connectivity index (χ1v) is 9.53. The summed E-state index contributed by atoms with van der Waals surface area (Å²) in [6, 6.07) is 13.1. The highest BCUT2D eigenvalue weighted by Crippen LogP contribution is 2.29. The van der Waals surface area contributed by atoms with Gasteiger partial charge in [-0.3, -0.25) is 14.9 Å². The predicted octanol–water partition coefficient (Wildman–Crippen LogP) is 4.73. The van der Waals surface area contributed by atoms with Crippen LogP contribution in [-0.4, -0.2) is 39.7 Å². The number of benzene rings is 2. The molecule has 1 aliphatic heterocycles. The van der Waals surface area contributed by atoms with Gasteiger partial charge in [0.2, 0.25) is 5.91 Å². The molecule has 1 fully saturated rings. The molecule has 1 saturated heterocycles. The number of halogens is 2. The summed E-state index contributed by atoms with van der Waals surface area (Å²) in [6.07, 6.45) is 0.320. The Morgan fingerprint density at radius 3 is 2.75 bits per heavy atom. The zero-order valence-electron chi connectivity index (χ0n) is 14.9. The van der Waals surface area contributed by atoms with E-state index in [0.29, 0.717) is 22.8 Å². The Morgan fingerprint density at radius 1 is 1.36 bits per heavy atom. The van der Waals surface area contributed by atoms with Gasteiger partial charge in [-0.05, 0) is 30.3 Å². The van der Waals surface area contributed by atoms with E-state index in [1.54, 1.807) is 36.4 Å². The SMILES string of the molecule is CN1/C(=N/c2cccc([N+](=O)[O-])c2)SCC1CC(=O)Nc1ccc(Cl)cc1.Cl. The standard InChI is InChI=1S/C18H17ClN4O3S.ClH/c1-22-16(10-17(24)20-13-7-5-12(19)6-8-13)11-27-18(22)21-14-3-2-4-15(9-14)23(25)26;/h2-9,16H,10-11H2,1H3,(H,20,24);1H/b21-18-;. The summed E-state index contributed by atoms with van der Waals surface area (Å²) in [7, 11) is 1.87. The molecule has 10 heteroatoms. The smallest absolute Gasteiger partial charge is 0.271 e. The van der Waals surface area contributed by atoms with Crippen molar-refractivity contribution in [2.45, 2.75) is 12.5 Å². The van der Waals surface area contributed by atoms with Crippen molar-refractivity contribution in [3.8, 4) is 0 Å². The van der Waals surface area contributed by atoms with Gasteiger partial charge in [-0.2, -0.15) is 0 Å². The minimum Gasteiger partial charge on any atom is -0.350 e. The van der Waals surface area contributed by atoms with Crippen LogP contribution in [0.3, 0.4) is 0 Å². The highest BCUT2D eigenvalue weighted by Gasteiger charge is 2.29. The van der Waals surface area contributed by atoms with Crippen molar-refractivity contribution in [2.75, 3.05) is 18.1 Å². The second-order valence-corrected chi connectivity index (χ2v) is 7.43. The average Bonchev–Trinajstić information content (AvgIpc) is 2.97. The van der Waals surface area contributed by atoms with Crippen LogP contribution in [0.25, 0.3) is 0 Å². The van der Waals surface area contributed by atoms with Crippen molar-refractivity contribution in [3.63, 3.8) is 0 Å². The zero-order valence-corrected chi connectivity index (χ0v) is 17.3. The molecule has 1 unspecified atom stereocenters. The topological polar surface area (TPSA) is 87.8 Å². The lowest BCUT2D eigenvalue weighted by molar-refractivity contribution is -0.384. The molecule has 28 heavy (non-hydrogen) atoms. The second-order valence-electron chi connectivity index (χ2n) is 6.01. The van der Waals surface area contributed by atoms with E-state index in [4.69, 9.17) is 11.6 Å². The molecule has 2 aromatic rings. The van der Waals surface area contributed by atoms with Gasteiger partial charge in [-0.1, -0.05) is 29.4 Å². The molecule has 1 amide bonds. The maximum absolute atomic E-state index is 12.3. The number of carbonyl (C=O) groups excluding carboxylic acids is 1. The molecule has 0 saturated carbocycles. The Kier molecular flexibility index (Phi) is 7.68. The highest BCUT2D eigenvalue weighted by atomic mass is 35.5. The Balaban J connectivity index is 0.00000280. The van der Waals surface area contributed by atoms with Gasteiger partial charge in [0.1, 0.15) is 0 Å². The van der Waals surface area contributed by atoms with Gasteiger partial charge in [-0.15, -0.1) is 12.4 Å². The molecule has 2 aromatic carbocycles. The first kappa shape index (κ1) is 22.0. The van der Waals surface area contributed by atoms with E-state index in [9.17, 15) is 14.9 Å². The van der Waals surface area contributed by atoms with Gasteiger partial charge in [0.15, 0.2) is 5.17 Å². The maximum atomic E-state index is 12.3. The van der Waals surface area contributed by atoms with E-state index < -0.39 is 4.92 Å². The van der Waals surface area contributed by atoms with E-state index >= 15 is 0 Å². The molecule has 1 atom stereocenters. The van der Waals surface area contributed by atoms with Crippen molar-refractivity contribution in [1.82, 2.24) is 4.90 Å². The molecule has 7 nitrogen and oxygen atoms in total. The molecule has 0 spiro atoms. The van der Waals surface area contributed by atoms with Gasteiger partial charge < -0.3 is 10.2 Å². The number of anilines is 1. The number of rotatable bonds is 5. The number of non-ortho nitro benzene ring substituents is 1. The van der Waals surface area contributed by atoms with Crippen LogP contribution in [0.4, 0.5) is 17.1 Å². The Hall–Kier alpha value is -2.29. The third-order valence-electron chi connectivity index (χ3n) is 4.07. The van der Waals surface area contributed by atoms with Gasteiger partial charge in [0.05, 0.1) is 10.6 Å². The number of nitro groups is 1. The minimum absolute atomic E-state index is 0. The summed E-state index contributed by atoms with van der Waals surface area (Å²) < 4.78 is 0. The normalized spacial score (nSPS) is 17.3. The molecule has 0 aromatic heterocycles. The van der Waals surface area contributed by atoms with Crippen LogP contribution >= 0.6 is 35.8 Å². The summed E-state index contributed by atoms with van der Waals surface area (Å²) in [5, 5.41) is 15.1. The number of amides is 1. The van der Waals surface area contributed by atoms with Crippen LogP contribution in [0.2, 0.25) is 5.02 Å². The number of hydrogen-bond donors (Lipinski definition) is 1. The Morgan fingerprint density at radius 2 is 2.07 bits per heavy atom. The minimum atomic E-state index is -0.445. The molecule has 3 rings (SSSR count). The van der Waals surface area contributed by atoms with Crippen molar-refractivity contribution in [1.29, 1.82) is 0 Å². The van der Waals surface area contributed by atoms with Crippen molar-refractivity contribution >= 4 is 63.9 Å². The van der Waals surface area contributed by atoms with Gasteiger partial charge in [0, 0.05) is 48.1 Å². The summed E-state index contributed by atoms with van der Waals surface area (Å²) in [5.41, 5.74) is 1.22. The molecule has 0 bridgehead atoms. The summed E-state index contributed by atoms with van der Waals surface area (Å²) in [4.78, 5) is 29.2. The fourth-order valence-electron chi connectivity index (χ4n) is 2.59. The third-order valence-corrected chi connectivity index (χ3v) is 5.51. The fraction of sp³-hybridized carbons (Fsp3) is 0.222. The average molecular weight is 441 g/mol. The van der Waals surface area contributed by atoms with Crippen LogP contribution in [0, 0.1) is 10.1 Å². The quantitative estimate of drug-likeness (QED) is 0.535. The van der Waals surface area contributed by atoms with E-state index in [2.05, 4.69) is 10.3 Å². The monoisotopic (exact) mass is 440 g/mol. The lowest BCUT2D eigenvalue weighted by atomic mass is 10.2. The molecular weight excluding hydrogens is 423 g/mol.